The van der Waals surface area contributed by atoms with E-state index < -0.39 is 6.10 Å². The van der Waals surface area contributed by atoms with Crippen LogP contribution in [-0.4, -0.2) is 5.11 Å². The van der Waals surface area contributed by atoms with Gasteiger partial charge in [0, 0.05) is 5.56 Å². The fourth-order valence-electron chi connectivity index (χ4n) is 3.33. The number of benzene rings is 2. The normalized spacial score (nSPS) is 12.9. The van der Waals surface area contributed by atoms with Crippen molar-refractivity contribution >= 4 is 0 Å². The van der Waals surface area contributed by atoms with Crippen LogP contribution in [-0.2, 0) is 0 Å². The molecule has 0 aliphatic heterocycles. The molecular formula is C28H38O2. The highest BCUT2D eigenvalue weighted by molar-refractivity contribution is 5.44. The smallest absolute Gasteiger partial charge is 0.133 e. The van der Waals surface area contributed by atoms with E-state index in [1.807, 2.05) is 24.3 Å². The standard InChI is InChI=1S/C28H38O2/c1-19(2)9-8-10-22(7)17-27(29)26-18-24(21(5)6)13-16-28(26)30-25-14-11-23(12-15-25)20(3)4/h9,11-18,20-21,27,29H,8,10H2,1-7H3/b22-17+. The van der Waals surface area contributed by atoms with Gasteiger partial charge in [-0.2, -0.15) is 0 Å². The molecule has 1 N–H and O–H groups in total. The predicted octanol–water partition coefficient (Wildman–Crippen LogP) is 8.45. The van der Waals surface area contributed by atoms with Gasteiger partial charge in [-0.1, -0.05) is 69.2 Å². The van der Waals surface area contributed by atoms with Crippen LogP contribution in [0.25, 0.3) is 0 Å². The lowest BCUT2D eigenvalue weighted by molar-refractivity contribution is 0.223. The summed E-state index contributed by atoms with van der Waals surface area (Å²) in [5.74, 6) is 2.37. The van der Waals surface area contributed by atoms with E-state index in [-0.39, 0.29) is 0 Å². The topological polar surface area (TPSA) is 29.5 Å². The minimum Gasteiger partial charge on any atom is -0.457 e. The highest BCUT2D eigenvalue weighted by Crippen LogP contribution is 2.34. The molecule has 2 heteroatoms. The number of rotatable bonds is 9. The second kappa shape index (κ2) is 11.2. The Hall–Kier alpha value is -2.32. The molecule has 0 radical (unpaired) electrons. The molecule has 0 spiro atoms. The third-order valence-corrected chi connectivity index (χ3v) is 5.33. The molecule has 0 saturated heterocycles. The van der Waals surface area contributed by atoms with Gasteiger partial charge < -0.3 is 9.84 Å². The summed E-state index contributed by atoms with van der Waals surface area (Å²) in [4.78, 5) is 0. The predicted molar refractivity (Wildman–Crippen MR) is 129 cm³/mol. The summed E-state index contributed by atoms with van der Waals surface area (Å²) in [7, 11) is 0. The minimum absolute atomic E-state index is 0.387. The van der Waals surface area contributed by atoms with E-state index in [9.17, 15) is 5.11 Å². The Morgan fingerprint density at radius 2 is 1.50 bits per heavy atom. The zero-order chi connectivity index (χ0) is 22.3. The van der Waals surface area contributed by atoms with Crippen molar-refractivity contribution in [1.29, 1.82) is 0 Å². The van der Waals surface area contributed by atoms with Gasteiger partial charge in [-0.25, -0.2) is 0 Å². The van der Waals surface area contributed by atoms with Gasteiger partial charge in [-0.15, -0.1) is 0 Å². The van der Waals surface area contributed by atoms with Crippen molar-refractivity contribution < 1.29 is 9.84 Å². The maximum Gasteiger partial charge on any atom is 0.133 e. The van der Waals surface area contributed by atoms with Crippen LogP contribution in [0.4, 0.5) is 0 Å². The number of ether oxygens (including phenoxy) is 1. The lowest BCUT2D eigenvalue weighted by Gasteiger charge is -2.18. The van der Waals surface area contributed by atoms with E-state index in [4.69, 9.17) is 4.74 Å². The Kier molecular flexibility index (Phi) is 8.92. The third-order valence-electron chi connectivity index (χ3n) is 5.33. The molecule has 0 aromatic heterocycles. The van der Waals surface area contributed by atoms with Crippen LogP contribution in [0.1, 0.15) is 95.9 Å². The molecule has 2 rings (SSSR count). The molecule has 1 atom stereocenters. The van der Waals surface area contributed by atoms with Crippen molar-refractivity contribution in [2.45, 2.75) is 79.2 Å². The average Bonchev–Trinajstić information content (AvgIpc) is 2.68. The molecule has 30 heavy (non-hydrogen) atoms. The van der Waals surface area contributed by atoms with Gasteiger partial charge in [-0.05, 0) is 80.8 Å². The first-order chi connectivity index (χ1) is 14.2. The lowest BCUT2D eigenvalue weighted by Crippen LogP contribution is -2.01. The molecule has 2 aromatic carbocycles. The Bertz CT molecular complexity index is 866. The molecule has 2 aromatic rings. The molecule has 0 amide bonds. The van der Waals surface area contributed by atoms with Crippen LogP contribution in [0.3, 0.4) is 0 Å². The number of allylic oxidation sites excluding steroid dienone is 3. The summed E-state index contributed by atoms with van der Waals surface area (Å²) in [6.45, 7) is 15.0. The maximum atomic E-state index is 11.0. The molecule has 0 aliphatic carbocycles. The highest BCUT2D eigenvalue weighted by atomic mass is 16.5. The largest absolute Gasteiger partial charge is 0.457 e. The molecular weight excluding hydrogens is 368 g/mol. The van der Waals surface area contributed by atoms with E-state index in [0.717, 1.165) is 24.2 Å². The summed E-state index contributed by atoms with van der Waals surface area (Å²) in [6, 6.07) is 14.4. The summed E-state index contributed by atoms with van der Waals surface area (Å²) in [5.41, 5.74) is 5.81. The van der Waals surface area contributed by atoms with Gasteiger partial charge in [-0.3, -0.25) is 0 Å². The fourth-order valence-corrected chi connectivity index (χ4v) is 3.33. The van der Waals surface area contributed by atoms with Crippen LogP contribution in [0.2, 0.25) is 0 Å². The van der Waals surface area contributed by atoms with Crippen LogP contribution in [0.15, 0.2) is 65.8 Å². The maximum absolute atomic E-state index is 11.0. The van der Waals surface area contributed by atoms with Crippen LogP contribution < -0.4 is 4.74 Å². The van der Waals surface area contributed by atoms with E-state index in [2.05, 4.69) is 78.8 Å². The van der Waals surface area contributed by atoms with Gasteiger partial charge in [0.25, 0.3) is 0 Å². The van der Waals surface area contributed by atoms with Crippen molar-refractivity contribution in [1.82, 2.24) is 0 Å². The number of aliphatic hydroxyl groups is 1. The van der Waals surface area contributed by atoms with Gasteiger partial charge in [0.05, 0.1) is 0 Å². The molecule has 0 saturated carbocycles. The quantitative estimate of drug-likeness (QED) is 0.423. The Morgan fingerprint density at radius 3 is 2.07 bits per heavy atom. The SMILES string of the molecule is CC(C)=CCC/C(C)=C/C(O)c1cc(C(C)C)ccc1Oc1ccc(C(C)C)cc1. The average molecular weight is 407 g/mol. The van der Waals surface area contributed by atoms with E-state index in [1.165, 1.54) is 22.3 Å². The molecule has 0 bridgehead atoms. The fraction of sp³-hybridized carbons (Fsp3) is 0.429. The molecule has 0 fully saturated rings. The van der Waals surface area contributed by atoms with Crippen LogP contribution in [0.5, 0.6) is 11.5 Å². The zero-order valence-corrected chi connectivity index (χ0v) is 19.7. The molecule has 162 valence electrons. The summed E-state index contributed by atoms with van der Waals surface area (Å²) in [6.07, 6.45) is 5.43. The van der Waals surface area contributed by atoms with Gasteiger partial charge in [0.1, 0.15) is 17.6 Å². The first kappa shape index (κ1) is 24.0. The Labute approximate surface area is 183 Å². The molecule has 0 heterocycles. The van der Waals surface area contributed by atoms with Crippen molar-refractivity contribution in [3.8, 4) is 11.5 Å². The van der Waals surface area contributed by atoms with Crippen molar-refractivity contribution in [2.24, 2.45) is 0 Å². The first-order valence-corrected chi connectivity index (χ1v) is 11.1. The second-order valence-corrected chi connectivity index (χ2v) is 9.06. The third kappa shape index (κ3) is 7.18. The first-order valence-electron chi connectivity index (χ1n) is 11.1. The summed E-state index contributed by atoms with van der Waals surface area (Å²) >= 11 is 0. The second-order valence-electron chi connectivity index (χ2n) is 9.06. The minimum atomic E-state index is -0.694. The van der Waals surface area contributed by atoms with Crippen molar-refractivity contribution in [2.75, 3.05) is 0 Å². The van der Waals surface area contributed by atoms with Crippen molar-refractivity contribution in [3.05, 3.63) is 82.5 Å². The van der Waals surface area contributed by atoms with Crippen molar-refractivity contribution in [3.63, 3.8) is 0 Å². The summed E-state index contributed by atoms with van der Waals surface area (Å²) < 4.78 is 6.20. The molecule has 2 nitrogen and oxygen atoms in total. The zero-order valence-electron chi connectivity index (χ0n) is 19.7. The lowest BCUT2D eigenvalue weighted by atomic mass is 9.96. The number of aliphatic hydroxyl groups excluding tert-OH is 1. The monoisotopic (exact) mass is 406 g/mol. The van der Waals surface area contributed by atoms with Crippen LogP contribution in [0, 0.1) is 0 Å². The summed E-state index contributed by atoms with van der Waals surface area (Å²) in [5, 5.41) is 11.0. The van der Waals surface area contributed by atoms with E-state index in [1.54, 1.807) is 0 Å². The number of hydrogen-bond donors (Lipinski definition) is 1. The van der Waals surface area contributed by atoms with Gasteiger partial charge in [0.15, 0.2) is 0 Å². The Morgan fingerprint density at radius 1 is 0.900 bits per heavy atom. The molecule has 0 aliphatic rings. The molecule has 1 unspecified atom stereocenters. The van der Waals surface area contributed by atoms with E-state index >= 15 is 0 Å². The Balaban J connectivity index is 2.29. The number of hydrogen-bond acceptors (Lipinski definition) is 2. The van der Waals surface area contributed by atoms with Gasteiger partial charge in [0.2, 0.25) is 0 Å². The highest BCUT2D eigenvalue weighted by Gasteiger charge is 2.15. The van der Waals surface area contributed by atoms with E-state index in [0.29, 0.717) is 17.6 Å². The van der Waals surface area contributed by atoms with Crippen LogP contribution >= 0.6 is 0 Å². The van der Waals surface area contributed by atoms with Gasteiger partial charge >= 0.3 is 0 Å².